The molecule has 4 N–H and O–H groups in total. The van der Waals surface area contributed by atoms with E-state index in [1.165, 1.54) is 4.90 Å². The molecule has 0 aliphatic heterocycles. The molecule has 0 radical (unpaired) electrons. The van der Waals surface area contributed by atoms with Crippen LogP contribution in [0.1, 0.15) is 25.8 Å². The number of carbonyl (C=O) groups excluding carboxylic acids is 2. The highest BCUT2D eigenvalue weighted by Gasteiger charge is 2.18. The number of benzene rings is 1. The van der Waals surface area contributed by atoms with Crippen LogP contribution in [0.25, 0.3) is 0 Å². The summed E-state index contributed by atoms with van der Waals surface area (Å²) in [7, 11) is 3.35. The van der Waals surface area contributed by atoms with Crippen LogP contribution in [-0.4, -0.2) is 37.0 Å². The molecule has 0 saturated heterocycles. The molecule has 1 aromatic carbocycles. The SMILES string of the molecule is CCC(C)C(N)C(=O)NCc1cccc(NC(=O)N(C)C)c1. The van der Waals surface area contributed by atoms with Crippen molar-refractivity contribution in [2.24, 2.45) is 11.7 Å². The van der Waals surface area contributed by atoms with Crippen LogP contribution in [0.5, 0.6) is 0 Å². The van der Waals surface area contributed by atoms with Crippen LogP contribution in [-0.2, 0) is 11.3 Å². The second kappa shape index (κ2) is 8.38. The number of amides is 3. The molecule has 0 aromatic heterocycles. The lowest BCUT2D eigenvalue weighted by atomic mass is 9.99. The highest BCUT2D eigenvalue weighted by Crippen LogP contribution is 2.11. The van der Waals surface area contributed by atoms with Gasteiger partial charge < -0.3 is 21.3 Å². The zero-order chi connectivity index (χ0) is 16.7. The largest absolute Gasteiger partial charge is 0.351 e. The van der Waals surface area contributed by atoms with Crippen LogP contribution in [0.15, 0.2) is 24.3 Å². The van der Waals surface area contributed by atoms with Crippen molar-refractivity contribution in [3.63, 3.8) is 0 Å². The van der Waals surface area contributed by atoms with E-state index in [0.29, 0.717) is 12.2 Å². The maximum absolute atomic E-state index is 12.0. The Labute approximate surface area is 132 Å². The summed E-state index contributed by atoms with van der Waals surface area (Å²) < 4.78 is 0. The number of nitrogens with zero attached hydrogens (tertiary/aromatic N) is 1. The van der Waals surface area contributed by atoms with Crippen molar-refractivity contribution < 1.29 is 9.59 Å². The fourth-order valence-corrected chi connectivity index (χ4v) is 1.81. The summed E-state index contributed by atoms with van der Waals surface area (Å²) in [6.07, 6.45) is 0.862. The topological polar surface area (TPSA) is 87.5 Å². The van der Waals surface area contributed by atoms with Gasteiger partial charge in [-0.05, 0) is 23.6 Å². The zero-order valence-electron chi connectivity index (χ0n) is 13.7. The molecule has 122 valence electrons. The highest BCUT2D eigenvalue weighted by atomic mass is 16.2. The van der Waals surface area contributed by atoms with Crippen LogP contribution in [0.2, 0.25) is 0 Å². The normalized spacial score (nSPS) is 13.1. The Bertz CT molecular complexity index is 517. The minimum Gasteiger partial charge on any atom is -0.351 e. The molecule has 1 aromatic rings. The van der Waals surface area contributed by atoms with Crippen LogP contribution >= 0.6 is 0 Å². The molecule has 2 atom stereocenters. The molecule has 2 unspecified atom stereocenters. The van der Waals surface area contributed by atoms with Crippen LogP contribution in [0.4, 0.5) is 10.5 Å². The van der Waals surface area contributed by atoms with Crippen molar-refractivity contribution in [1.82, 2.24) is 10.2 Å². The minimum absolute atomic E-state index is 0.144. The Balaban J connectivity index is 2.60. The molecular formula is C16H26N4O2. The van der Waals surface area contributed by atoms with Crippen molar-refractivity contribution in [3.05, 3.63) is 29.8 Å². The third kappa shape index (κ3) is 5.37. The van der Waals surface area contributed by atoms with Gasteiger partial charge in [-0.25, -0.2) is 4.79 Å². The van der Waals surface area contributed by atoms with E-state index in [2.05, 4.69) is 10.6 Å². The molecule has 0 bridgehead atoms. The molecule has 3 amide bonds. The Morgan fingerprint density at radius 3 is 2.59 bits per heavy atom. The lowest BCUT2D eigenvalue weighted by Gasteiger charge is -2.18. The smallest absolute Gasteiger partial charge is 0.321 e. The Morgan fingerprint density at radius 2 is 2.00 bits per heavy atom. The van der Waals surface area contributed by atoms with Crippen molar-refractivity contribution in [3.8, 4) is 0 Å². The number of anilines is 1. The molecule has 0 aliphatic rings. The van der Waals surface area contributed by atoms with Crippen molar-refractivity contribution >= 4 is 17.6 Å². The summed E-state index contributed by atoms with van der Waals surface area (Å²) in [6.45, 7) is 4.35. The number of nitrogens with one attached hydrogen (secondary N) is 2. The number of nitrogens with two attached hydrogens (primary N) is 1. The van der Waals surface area contributed by atoms with Crippen LogP contribution in [0.3, 0.4) is 0 Å². The molecule has 1 rings (SSSR count). The summed E-state index contributed by atoms with van der Waals surface area (Å²) in [6, 6.07) is 6.66. The van der Waals surface area contributed by atoms with Gasteiger partial charge in [-0.3, -0.25) is 4.79 Å². The van der Waals surface area contributed by atoms with Gasteiger partial charge in [0.2, 0.25) is 5.91 Å². The first kappa shape index (κ1) is 18.0. The molecule has 0 fully saturated rings. The van der Waals surface area contributed by atoms with Gasteiger partial charge >= 0.3 is 6.03 Å². The van der Waals surface area contributed by atoms with Crippen molar-refractivity contribution in [1.29, 1.82) is 0 Å². The van der Waals surface area contributed by atoms with E-state index in [1.807, 2.05) is 32.0 Å². The third-order valence-electron chi connectivity index (χ3n) is 3.61. The van der Waals surface area contributed by atoms with Gasteiger partial charge in [0.1, 0.15) is 0 Å². The summed E-state index contributed by atoms with van der Waals surface area (Å²) in [4.78, 5) is 25.0. The summed E-state index contributed by atoms with van der Waals surface area (Å²) in [5, 5.41) is 5.60. The summed E-state index contributed by atoms with van der Waals surface area (Å²) >= 11 is 0. The first-order valence-electron chi connectivity index (χ1n) is 7.45. The lowest BCUT2D eigenvalue weighted by Crippen LogP contribution is -2.44. The number of rotatable bonds is 6. The Hall–Kier alpha value is -2.08. The first-order chi connectivity index (χ1) is 10.3. The van der Waals surface area contributed by atoms with E-state index in [-0.39, 0.29) is 17.9 Å². The van der Waals surface area contributed by atoms with Gasteiger partial charge in [0.15, 0.2) is 0 Å². The molecule has 6 heteroatoms. The fourth-order valence-electron chi connectivity index (χ4n) is 1.81. The molecule has 0 heterocycles. The van der Waals surface area contributed by atoms with Crippen molar-refractivity contribution in [2.75, 3.05) is 19.4 Å². The van der Waals surface area contributed by atoms with Gasteiger partial charge in [-0.15, -0.1) is 0 Å². The molecule has 6 nitrogen and oxygen atoms in total. The standard InChI is InChI=1S/C16H26N4O2/c1-5-11(2)14(17)15(21)18-10-12-7-6-8-13(9-12)19-16(22)20(3)4/h6-9,11,14H,5,10,17H2,1-4H3,(H,18,21)(H,19,22). The van der Waals surface area contributed by atoms with Gasteiger partial charge in [0.05, 0.1) is 6.04 Å². The van der Waals surface area contributed by atoms with Gasteiger partial charge in [0, 0.05) is 26.3 Å². The van der Waals surface area contributed by atoms with Crippen LogP contribution in [0, 0.1) is 5.92 Å². The fraction of sp³-hybridized carbons (Fsp3) is 0.500. The zero-order valence-corrected chi connectivity index (χ0v) is 13.7. The minimum atomic E-state index is -0.498. The lowest BCUT2D eigenvalue weighted by molar-refractivity contribution is -0.123. The summed E-state index contributed by atoms with van der Waals surface area (Å²) in [5.74, 6) is -0.0113. The molecular weight excluding hydrogens is 280 g/mol. The highest BCUT2D eigenvalue weighted by molar-refractivity contribution is 5.89. The van der Waals surface area contributed by atoms with E-state index < -0.39 is 6.04 Å². The predicted molar refractivity (Wildman–Crippen MR) is 88.4 cm³/mol. The van der Waals surface area contributed by atoms with Crippen LogP contribution < -0.4 is 16.4 Å². The number of urea groups is 1. The van der Waals surface area contributed by atoms with E-state index in [1.54, 1.807) is 20.2 Å². The molecule has 0 aliphatic carbocycles. The van der Waals surface area contributed by atoms with E-state index in [0.717, 1.165) is 12.0 Å². The molecule has 22 heavy (non-hydrogen) atoms. The Kier molecular flexibility index (Phi) is 6.85. The summed E-state index contributed by atoms with van der Waals surface area (Å²) in [5.41, 5.74) is 7.49. The second-order valence-corrected chi connectivity index (χ2v) is 5.65. The van der Waals surface area contributed by atoms with E-state index in [9.17, 15) is 9.59 Å². The first-order valence-corrected chi connectivity index (χ1v) is 7.45. The number of hydrogen-bond donors (Lipinski definition) is 3. The van der Waals surface area contributed by atoms with Gasteiger partial charge in [-0.1, -0.05) is 32.4 Å². The maximum atomic E-state index is 12.0. The second-order valence-electron chi connectivity index (χ2n) is 5.65. The van der Waals surface area contributed by atoms with E-state index in [4.69, 9.17) is 5.73 Å². The Morgan fingerprint density at radius 1 is 1.32 bits per heavy atom. The predicted octanol–water partition coefficient (Wildman–Crippen LogP) is 1.77. The van der Waals surface area contributed by atoms with Crippen molar-refractivity contribution in [2.45, 2.75) is 32.9 Å². The van der Waals surface area contributed by atoms with Gasteiger partial charge in [0.25, 0.3) is 0 Å². The quantitative estimate of drug-likeness (QED) is 0.748. The molecule has 0 spiro atoms. The number of hydrogen-bond acceptors (Lipinski definition) is 3. The molecule has 0 saturated carbocycles. The average molecular weight is 306 g/mol. The maximum Gasteiger partial charge on any atom is 0.321 e. The van der Waals surface area contributed by atoms with E-state index >= 15 is 0 Å². The average Bonchev–Trinajstić information content (AvgIpc) is 2.51. The number of carbonyl (C=O) groups is 2. The monoisotopic (exact) mass is 306 g/mol. The third-order valence-corrected chi connectivity index (χ3v) is 3.61. The van der Waals surface area contributed by atoms with Gasteiger partial charge in [-0.2, -0.15) is 0 Å².